The van der Waals surface area contributed by atoms with Crippen molar-refractivity contribution < 1.29 is 97.6 Å². The first-order valence-electron chi connectivity index (χ1n) is 25.8. The number of amides is 5. The van der Waals surface area contributed by atoms with Gasteiger partial charge in [-0.05, 0) is 103 Å². The third kappa shape index (κ3) is 19.0. The first-order chi connectivity index (χ1) is 37.9. The number of hydrogen-bond acceptors (Lipinski definition) is 23. The molecule has 0 spiro atoms. The first kappa shape index (κ1) is 64.8. The summed E-state index contributed by atoms with van der Waals surface area (Å²) in [7, 11) is 1.26. The lowest BCUT2D eigenvalue weighted by Gasteiger charge is -2.52. The number of ether oxygens (including phenoxy) is 7. The minimum Gasteiger partial charge on any atom is -0.491 e. The first-order valence-corrected chi connectivity index (χ1v) is 25.8. The van der Waals surface area contributed by atoms with Gasteiger partial charge in [-0.15, -0.1) is 0 Å². The van der Waals surface area contributed by atoms with Crippen molar-refractivity contribution in [3.63, 3.8) is 0 Å². The molecule has 0 bridgehead atoms. The number of alkyl carbamates (subject to hydrolysis) is 3. The lowest BCUT2D eigenvalue weighted by atomic mass is 9.72. The fraction of sp³-hybridized carbons (Fsp3) is 0.627. The molecule has 2 aliphatic heterocycles. The Hall–Kier alpha value is -7.03. The number of nitrogens with zero attached hydrogens (tertiary/aromatic N) is 3. The maximum atomic E-state index is 14.0. The highest BCUT2D eigenvalue weighted by Gasteiger charge is 2.56. The number of benzene rings is 2. The van der Waals surface area contributed by atoms with Crippen molar-refractivity contribution in [2.75, 3.05) is 39.9 Å². The summed E-state index contributed by atoms with van der Waals surface area (Å²) in [4.78, 5) is 89.9. The molecule has 2 aromatic carbocycles. The van der Waals surface area contributed by atoms with Crippen LogP contribution in [-0.4, -0.2) is 199 Å². The number of nitro benzene ring substituents is 2. The number of non-ortho nitro benzene ring substituents is 2. The van der Waals surface area contributed by atoms with Crippen molar-refractivity contribution in [1.82, 2.24) is 31.5 Å². The highest BCUT2D eigenvalue weighted by Crippen LogP contribution is 2.39. The smallest absolute Gasteiger partial charge is 0.410 e. The highest BCUT2D eigenvalue weighted by atomic mass is 16.7. The molecule has 0 radical (unpaired) electrons. The van der Waals surface area contributed by atoms with Crippen LogP contribution in [0, 0.1) is 26.1 Å². The van der Waals surface area contributed by atoms with Crippen molar-refractivity contribution in [1.29, 1.82) is 0 Å². The Kier molecular flexibility index (Phi) is 22.5. The summed E-state index contributed by atoms with van der Waals surface area (Å²) in [5.74, 6) is -2.47. The Morgan fingerprint density at radius 1 is 0.790 bits per heavy atom. The Balaban J connectivity index is 1.57. The molecule has 0 aromatic heterocycles. The zero-order valence-electron chi connectivity index (χ0n) is 46.0. The fourth-order valence-corrected chi connectivity index (χ4v) is 9.18. The van der Waals surface area contributed by atoms with Crippen molar-refractivity contribution in [3.8, 4) is 0 Å². The number of carbonyl (C=O) groups is 5. The minimum atomic E-state index is -2.00. The quantitative estimate of drug-likeness (QED) is 0.0469. The van der Waals surface area contributed by atoms with E-state index in [-0.39, 0.29) is 43.3 Å². The lowest BCUT2D eigenvalue weighted by molar-refractivity contribution is -0.385. The van der Waals surface area contributed by atoms with Crippen LogP contribution in [0.2, 0.25) is 0 Å². The van der Waals surface area contributed by atoms with Gasteiger partial charge in [-0.25, -0.2) is 19.2 Å². The van der Waals surface area contributed by atoms with Gasteiger partial charge in [0.15, 0.2) is 6.29 Å². The molecule has 2 aromatic rings. The normalized spacial score (nSPS) is 26.4. The molecule has 81 heavy (non-hydrogen) atoms. The molecule has 1 aliphatic carbocycles. The molecular formula is C51H74N8O22. The zero-order chi connectivity index (χ0) is 60.1. The van der Waals surface area contributed by atoms with Gasteiger partial charge in [0, 0.05) is 49.8 Å². The topological polar surface area (TPSA) is 421 Å². The van der Waals surface area contributed by atoms with Crippen LogP contribution in [-0.2, 0) is 51.2 Å². The molecule has 450 valence electrons. The third-order valence-electron chi connectivity index (χ3n) is 12.9. The van der Waals surface area contributed by atoms with Crippen LogP contribution in [0.5, 0.6) is 0 Å². The maximum absolute atomic E-state index is 14.0. The molecule has 13 atom stereocenters. The van der Waals surface area contributed by atoms with Gasteiger partial charge in [0.25, 0.3) is 17.3 Å². The Morgan fingerprint density at radius 2 is 1.33 bits per heavy atom. The van der Waals surface area contributed by atoms with Crippen molar-refractivity contribution >= 4 is 41.7 Å². The second-order valence-electron chi connectivity index (χ2n) is 21.9. The van der Waals surface area contributed by atoms with E-state index in [1.165, 1.54) is 62.5 Å². The highest BCUT2D eigenvalue weighted by molar-refractivity contribution is 5.82. The van der Waals surface area contributed by atoms with E-state index >= 15 is 0 Å². The SMILES string of the molecule is CN(C(=O)OC(C)(C)C)[C@@H]1[C@@H](O)[C@@H](O[C@H]2[C@H](NC(=O)[C@@H](O)CNC(=O)OC(C)(C)C)C[C@H](NC(=O)OCc3ccc([N+](=O)[O-])cc3)C([C@H]3OC(CNCC(O)CO)=CC[C@H]3NC(=O)OCc3ccc([N+](=O)[O-])cc3)[C@@H]2O)OC[C@]1(C)O. The predicted molar refractivity (Wildman–Crippen MR) is 279 cm³/mol. The molecule has 11 N–H and O–H groups in total. The number of aliphatic hydroxyl groups excluding tert-OH is 5. The van der Waals surface area contributed by atoms with E-state index in [9.17, 15) is 74.8 Å². The van der Waals surface area contributed by atoms with Gasteiger partial charge in [-0.2, -0.15) is 0 Å². The second-order valence-corrected chi connectivity index (χ2v) is 21.9. The van der Waals surface area contributed by atoms with E-state index in [4.69, 9.17) is 33.2 Å². The van der Waals surface area contributed by atoms with Gasteiger partial charge >= 0.3 is 24.4 Å². The van der Waals surface area contributed by atoms with E-state index in [2.05, 4.69) is 26.6 Å². The van der Waals surface area contributed by atoms with Crippen LogP contribution in [0.3, 0.4) is 0 Å². The molecule has 1 saturated heterocycles. The molecule has 2 fully saturated rings. The molecule has 2 unspecified atom stereocenters. The third-order valence-corrected chi connectivity index (χ3v) is 12.9. The average Bonchev–Trinajstić information content (AvgIpc) is 3.38. The lowest BCUT2D eigenvalue weighted by Crippen LogP contribution is -2.71. The van der Waals surface area contributed by atoms with Gasteiger partial charge in [0.2, 0.25) is 0 Å². The molecule has 30 heteroatoms. The monoisotopic (exact) mass is 1150 g/mol. The van der Waals surface area contributed by atoms with Crippen LogP contribution >= 0.6 is 0 Å². The predicted octanol–water partition coefficient (Wildman–Crippen LogP) is 0.849. The van der Waals surface area contributed by atoms with E-state index in [0.29, 0.717) is 11.1 Å². The second kappa shape index (κ2) is 28.1. The summed E-state index contributed by atoms with van der Waals surface area (Å²) in [6, 6.07) is 4.65. The van der Waals surface area contributed by atoms with E-state index < -0.39 is 163 Å². The standard InChI is InChI=1S/C51H74N8O22/c1-49(2,3)80-45(66)53-22-36(62)43(65)54-35-19-34(56-47(68)76-25-28-11-15-30(16-12-28)59(73)74)37(38(63)41(35)79-44-39(64)42(51(7,70)26-77-44)57(8)48(69)81-50(4,5)6)40-33(18-17-32(78-40)21-52-20-31(61)23-60)55-46(67)75-24-27-9-13-29(14-10-27)58(71)72/h9-17,31,33-42,44,52,60-64,70H,18-26H2,1-8H3,(H,53,66)(H,54,65)(H,55,67)(H,56,68)/t31?,33-,34+,35-,36+,37?,38+,39-,40+,41+,42-,44-,51+/m1/s1. The number of carbonyl (C=O) groups excluding carboxylic acids is 5. The molecule has 1 saturated carbocycles. The van der Waals surface area contributed by atoms with Crippen LogP contribution in [0.25, 0.3) is 0 Å². The zero-order valence-corrected chi connectivity index (χ0v) is 46.0. The van der Waals surface area contributed by atoms with Crippen LogP contribution < -0.4 is 26.6 Å². The number of aliphatic hydroxyl groups is 6. The van der Waals surface area contributed by atoms with Crippen LogP contribution in [0.1, 0.15) is 72.4 Å². The maximum Gasteiger partial charge on any atom is 0.410 e. The molecule has 30 nitrogen and oxygen atoms in total. The van der Waals surface area contributed by atoms with Crippen LogP contribution in [0.15, 0.2) is 60.4 Å². The van der Waals surface area contributed by atoms with Gasteiger partial charge in [0.05, 0.1) is 66.5 Å². The minimum absolute atomic E-state index is 0.0713. The number of rotatable bonds is 21. The number of nitrogens with one attached hydrogen (secondary N) is 5. The van der Waals surface area contributed by atoms with Gasteiger partial charge < -0.3 is 95.3 Å². The molecule has 3 aliphatic rings. The van der Waals surface area contributed by atoms with Crippen molar-refractivity contribution in [3.05, 3.63) is 91.7 Å². The largest absolute Gasteiger partial charge is 0.491 e. The van der Waals surface area contributed by atoms with Gasteiger partial charge in [0.1, 0.15) is 60.2 Å². The van der Waals surface area contributed by atoms with Crippen LogP contribution in [0.4, 0.5) is 30.6 Å². The van der Waals surface area contributed by atoms with E-state index in [0.717, 1.165) is 4.90 Å². The molecule has 5 amide bonds. The summed E-state index contributed by atoms with van der Waals surface area (Å²) in [5, 5.41) is 103. The van der Waals surface area contributed by atoms with Gasteiger partial charge in [-0.1, -0.05) is 0 Å². The average molecular weight is 1150 g/mol. The van der Waals surface area contributed by atoms with E-state index in [1.807, 2.05) is 0 Å². The van der Waals surface area contributed by atoms with Crippen molar-refractivity contribution in [2.24, 2.45) is 5.92 Å². The molecule has 2 heterocycles. The summed E-state index contributed by atoms with van der Waals surface area (Å²) < 4.78 is 40.6. The Labute approximate surface area is 465 Å². The Bertz CT molecular complexity index is 2520. The summed E-state index contributed by atoms with van der Waals surface area (Å²) >= 11 is 0. The number of nitro groups is 2. The van der Waals surface area contributed by atoms with Gasteiger partial charge in [-0.3, -0.25) is 25.0 Å². The molecule has 5 rings (SSSR count). The van der Waals surface area contributed by atoms with Crippen molar-refractivity contribution in [2.45, 2.75) is 158 Å². The number of hydrogen-bond donors (Lipinski definition) is 11. The fourth-order valence-electron chi connectivity index (χ4n) is 9.18. The summed E-state index contributed by atoms with van der Waals surface area (Å²) in [6.07, 6.45) is -15.3. The Morgan fingerprint density at radius 3 is 1.85 bits per heavy atom. The summed E-state index contributed by atoms with van der Waals surface area (Å²) in [5.41, 5.74) is -3.69. The van der Waals surface area contributed by atoms with E-state index in [1.54, 1.807) is 47.6 Å². The molecular weight excluding hydrogens is 1080 g/mol. The number of likely N-dealkylation sites (N-methyl/N-ethyl adjacent to an activating group) is 1. The summed E-state index contributed by atoms with van der Waals surface area (Å²) in [6.45, 7) is 7.94.